The van der Waals surface area contributed by atoms with E-state index in [-0.39, 0.29) is 5.91 Å². The van der Waals surface area contributed by atoms with Crippen molar-refractivity contribution < 1.29 is 4.79 Å². The molecule has 0 aliphatic carbocycles. The average molecular weight is 264 g/mol. The van der Waals surface area contributed by atoms with Gasteiger partial charge < -0.3 is 10.6 Å². The smallest absolute Gasteiger partial charge is 0.224 e. The Hall–Kier alpha value is -1.00. The van der Waals surface area contributed by atoms with E-state index in [2.05, 4.69) is 10.6 Å². The number of thioether (sulfide) groups is 1. The predicted molar refractivity (Wildman–Crippen MR) is 77.1 cm³/mol. The van der Waals surface area contributed by atoms with Gasteiger partial charge in [0.25, 0.3) is 0 Å². The maximum Gasteiger partial charge on any atom is 0.224 e. The van der Waals surface area contributed by atoms with Gasteiger partial charge in [-0.25, -0.2) is 0 Å². The molecular weight excluding hydrogens is 244 g/mol. The fraction of sp³-hybridized carbons (Fsp3) is 0.500. The highest BCUT2D eigenvalue weighted by atomic mass is 32.2. The summed E-state index contributed by atoms with van der Waals surface area (Å²) in [5.41, 5.74) is 0.895. The Morgan fingerprint density at radius 3 is 3.17 bits per heavy atom. The lowest BCUT2D eigenvalue weighted by Gasteiger charge is -2.10. The first-order valence-corrected chi connectivity index (χ1v) is 7.67. The minimum atomic E-state index is 0.113. The van der Waals surface area contributed by atoms with E-state index in [1.807, 2.05) is 30.5 Å². The normalized spacial score (nSPS) is 18.8. The van der Waals surface area contributed by atoms with Gasteiger partial charge >= 0.3 is 0 Å². The Morgan fingerprint density at radius 1 is 1.56 bits per heavy atom. The zero-order valence-electron chi connectivity index (χ0n) is 10.7. The van der Waals surface area contributed by atoms with Crippen LogP contribution in [0, 0.1) is 0 Å². The van der Waals surface area contributed by atoms with E-state index in [0.717, 1.165) is 18.7 Å². The van der Waals surface area contributed by atoms with Gasteiger partial charge in [-0.3, -0.25) is 4.79 Å². The van der Waals surface area contributed by atoms with E-state index in [0.29, 0.717) is 12.5 Å². The van der Waals surface area contributed by atoms with E-state index < -0.39 is 0 Å². The third kappa shape index (κ3) is 4.03. The van der Waals surface area contributed by atoms with Crippen molar-refractivity contribution in [3.63, 3.8) is 0 Å². The molecule has 1 aromatic carbocycles. The third-order valence-electron chi connectivity index (χ3n) is 3.24. The molecule has 98 valence electrons. The predicted octanol–water partition coefficient (Wildman–Crippen LogP) is 2.88. The van der Waals surface area contributed by atoms with Gasteiger partial charge in [0.1, 0.15) is 0 Å². The Balaban J connectivity index is 1.78. The lowest BCUT2D eigenvalue weighted by atomic mass is 10.1. The molecule has 1 aliphatic heterocycles. The summed E-state index contributed by atoms with van der Waals surface area (Å²) in [6.45, 7) is 1.10. The molecule has 1 unspecified atom stereocenters. The van der Waals surface area contributed by atoms with Crippen LogP contribution in [-0.2, 0) is 4.79 Å². The van der Waals surface area contributed by atoms with Gasteiger partial charge in [0.05, 0.1) is 0 Å². The lowest BCUT2D eigenvalue weighted by molar-refractivity contribution is -0.116. The van der Waals surface area contributed by atoms with Crippen molar-refractivity contribution in [1.29, 1.82) is 0 Å². The van der Waals surface area contributed by atoms with E-state index in [1.54, 1.807) is 11.8 Å². The number of rotatable bonds is 5. The highest BCUT2D eigenvalue weighted by Gasteiger charge is 2.15. The Labute approximate surface area is 113 Å². The van der Waals surface area contributed by atoms with Crippen LogP contribution in [0.3, 0.4) is 0 Å². The van der Waals surface area contributed by atoms with Gasteiger partial charge in [-0.15, -0.1) is 11.8 Å². The molecule has 1 amide bonds. The molecule has 0 aromatic heterocycles. The molecule has 1 heterocycles. The molecule has 1 saturated heterocycles. The standard InChI is InChI=1S/C14H20N2OS/c1-18-13-6-2-4-12(10-13)16-14(17)8-7-11-5-3-9-15-11/h2,4,6,10-11,15H,3,5,7-9H2,1H3,(H,16,17). The Bertz CT molecular complexity index is 403. The Kier molecular flexibility index (Phi) is 5.08. The van der Waals surface area contributed by atoms with Crippen LogP contribution in [0.15, 0.2) is 29.2 Å². The second-order valence-electron chi connectivity index (χ2n) is 4.61. The van der Waals surface area contributed by atoms with E-state index >= 15 is 0 Å². The van der Waals surface area contributed by atoms with Gasteiger partial charge in [0.2, 0.25) is 5.91 Å². The number of nitrogens with one attached hydrogen (secondary N) is 2. The van der Waals surface area contributed by atoms with Crippen molar-refractivity contribution in [2.24, 2.45) is 0 Å². The molecule has 18 heavy (non-hydrogen) atoms. The number of anilines is 1. The first-order valence-electron chi connectivity index (χ1n) is 6.45. The molecule has 2 N–H and O–H groups in total. The monoisotopic (exact) mass is 264 g/mol. The number of benzene rings is 1. The van der Waals surface area contributed by atoms with Crippen LogP contribution in [0.25, 0.3) is 0 Å². The SMILES string of the molecule is CSc1cccc(NC(=O)CCC2CCCN2)c1. The number of hydrogen-bond donors (Lipinski definition) is 2. The number of hydrogen-bond acceptors (Lipinski definition) is 3. The maximum absolute atomic E-state index is 11.8. The molecule has 1 fully saturated rings. The molecule has 3 nitrogen and oxygen atoms in total. The molecular formula is C14H20N2OS. The number of carbonyl (C=O) groups is 1. The first-order chi connectivity index (χ1) is 8.78. The number of carbonyl (C=O) groups excluding carboxylic acids is 1. The van der Waals surface area contributed by atoms with Crippen LogP contribution in [-0.4, -0.2) is 24.7 Å². The van der Waals surface area contributed by atoms with Crippen LogP contribution in [0.2, 0.25) is 0 Å². The van der Waals surface area contributed by atoms with Crippen LogP contribution in [0.5, 0.6) is 0 Å². The summed E-state index contributed by atoms with van der Waals surface area (Å²) < 4.78 is 0. The van der Waals surface area contributed by atoms with Gasteiger partial charge in [0, 0.05) is 23.0 Å². The van der Waals surface area contributed by atoms with Gasteiger partial charge in [-0.05, 0) is 50.3 Å². The van der Waals surface area contributed by atoms with Crippen molar-refractivity contribution >= 4 is 23.4 Å². The minimum absolute atomic E-state index is 0.113. The molecule has 0 spiro atoms. The second kappa shape index (κ2) is 6.81. The fourth-order valence-corrected chi connectivity index (χ4v) is 2.69. The van der Waals surface area contributed by atoms with Crippen LogP contribution in [0.4, 0.5) is 5.69 Å². The fourth-order valence-electron chi connectivity index (χ4n) is 2.23. The summed E-state index contributed by atoms with van der Waals surface area (Å²) >= 11 is 1.68. The van der Waals surface area contributed by atoms with Crippen molar-refractivity contribution in [3.8, 4) is 0 Å². The van der Waals surface area contributed by atoms with Crippen molar-refractivity contribution in [2.45, 2.75) is 36.6 Å². The largest absolute Gasteiger partial charge is 0.326 e. The zero-order chi connectivity index (χ0) is 12.8. The van der Waals surface area contributed by atoms with Crippen molar-refractivity contribution in [1.82, 2.24) is 5.32 Å². The summed E-state index contributed by atoms with van der Waals surface area (Å²) in [7, 11) is 0. The second-order valence-corrected chi connectivity index (χ2v) is 5.49. The highest BCUT2D eigenvalue weighted by Crippen LogP contribution is 2.19. The third-order valence-corrected chi connectivity index (χ3v) is 3.96. The molecule has 4 heteroatoms. The van der Waals surface area contributed by atoms with Gasteiger partial charge in [0.15, 0.2) is 0 Å². The van der Waals surface area contributed by atoms with Crippen LogP contribution in [0.1, 0.15) is 25.7 Å². The van der Waals surface area contributed by atoms with Gasteiger partial charge in [-0.2, -0.15) is 0 Å². The molecule has 1 aliphatic rings. The van der Waals surface area contributed by atoms with Crippen LogP contribution >= 0.6 is 11.8 Å². The van der Waals surface area contributed by atoms with E-state index in [9.17, 15) is 4.79 Å². The molecule has 1 aromatic rings. The van der Waals surface area contributed by atoms with Crippen molar-refractivity contribution in [3.05, 3.63) is 24.3 Å². The first kappa shape index (κ1) is 13.4. The summed E-state index contributed by atoms with van der Waals surface area (Å²) in [4.78, 5) is 13.0. The topological polar surface area (TPSA) is 41.1 Å². The lowest BCUT2D eigenvalue weighted by Crippen LogP contribution is -2.23. The number of amides is 1. The Morgan fingerprint density at radius 2 is 2.44 bits per heavy atom. The molecule has 2 rings (SSSR count). The summed E-state index contributed by atoms with van der Waals surface area (Å²) in [5.74, 6) is 0.113. The van der Waals surface area contributed by atoms with E-state index in [4.69, 9.17) is 0 Å². The molecule has 1 atom stereocenters. The van der Waals surface area contributed by atoms with Crippen LogP contribution < -0.4 is 10.6 Å². The quantitative estimate of drug-likeness (QED) is 0.804. The minimum Gasteiger partial charge on any atom is -0.326 e. The summed E-state index contributed by atoms with van der Waals surface area (Å²) in [6.07, 6.45) is 6.01. The summed E-state index contributed by atoms with van der Waals surface area (Å²) in [6, 6.07) is 8.50. The molecule has 0 bridgehead atoms. The maximum atomic E-state index is 11.8. The molecule has 0 saturated carbocycles. The van der Waals surface area contributed by atoms with Crippen molar-refractivity contribution in [2.75, 3.05) is 18.1 Å². The van der Waals surface area contributed by atoms with Gasteiger partial charge in [-0.1, -0.05) is 6.07 Å². The summed E-state index contributed by atoms with van der Waals surface area (Å²) in [5, 5.41) is 6.37. The average Bonchev–Trinajstić information content (AvgIpc) is 2.90. The zero-order valence-corrected chi connectivity index (χ0v) is 11.6. The molecule has 0 radical (unpaired) electrons. The highest BCUT2D eigenvalue weighted by molar-refractivity contribution is 7.98. The van der Waals surface area contributed by atoms with E-state index in [1.165, 1.54) is 17.7 Å².